The lowest BCUT2D eigenvalue weighted by Crippen LogP contribution is -2.45. The molecule has 1 unspecified atom stereocenters. The Morgan fingerprint density at radius 3 is 3.08 bits per heavy atom. The summed E-state index contributed by atoms with van der Waals surface area (Å²) in [6, 6.07) is 15.2. The van der Waals surface area contributed by atoms with Gasteiger partial charge in [0, 0.05) is 37.1 Å². The standard InChI is InChI=1S/C19H22N4O/c1-24-19-5-3-2-4-16(19)18-12-20-8-9-23(18)13-14-6-7-15-11-21-22-17(15)10-14/h2-7,10-11,18,20H,8-9,12-13H2,1H3,(H,21,22). The number of methoxy groups -OCH3 is 1. The van der Waals surface area contributed by atoms with Crippen LogP contribution in [0.15, 0.2) is 48.7 Å². The highest BCUT2D eigenvalue weighted by Gasteiger charge is 2.26. The predicted molar refractivity (Wildman–Crippen MR) is 95.1 cm³/mol. The van der Waals surface area contributed by atoms with E-state index in [2.05, 4.69) is 50.7 Å². The number of aromatic amines is 1. The van der Waals surface area contributed by atoms with Gasteiger partial charge in [-0.15, -0.1) is 0 Å². The molecule has 0 radical (unpaired) electrons. The van der Waals surface area contributed by atoms with Crippen molar-refractivity contribution in [1.82, 2.24) is 20.4 Å². The molecule has 2 N–H and O–H groups in total. The van der Waals surface area contributed by atoms with Gasteiger partial charge in [-0.05, 0) is 17.7 Å². The summed E-state index contributed by atoms with van der Waals surface area (Å²) in [5.41, 5.74) is 3.64. The van der Waals surface area contributed by atoms with Gasteiger partial charge in [-0.3, -0.25) is 10.00 Å². The number of aromatic nitrogens is 2. The van der Waals surface area contributed by atoms with Crippen molar-refractivity contribution in [3.63, 3.8) is 0 Å². The average molecular weight is 322 g/mol. The third-order valence-electron chi connectivity index (χ3n) is 4.74. The first kappa shape index (κ1) is 15.2. The second-order valence-electron chi connectivity index (χ2n) is 6.22. The molecule has 0 spiro atoms. The normalized spacial score (nSPS) is 18.8. The van der Waals surface area contributed by atoms with E-state index in [0.29, 0.717) is 6.04 Å². The molecular weight excluding hydrogens is 300 g/mol. The zero-order valence-electron chi connectivity index (χ0n) is 13.8. The van der Waals surface area contributed by atoms with Gasteiger partial charge in [-0.1, -0.05) is 30.3 Å². The number of para-hydroxylation sites is 1. The number of rotatable bonds is 4. The molecule has 0 saturated carbocycles. The fourth-order valence-corrected chi connectivity index (χ4v) is 3.50. The summed E-state index contributed by atoms with van der Waals surface area (Å²) in [5, 5.41) is 11.8. The molecule has 2 heterocycles. The average Bonchev–Trinajstić information content (AvgIpc) is 3.10. The Hall–Kier alpha value is -2.37. The molecule has 3 aromatic rings. The smallest absolute Gasteiger partial charge is 0.123 e. The van der Waals surface area contributed by atoms with Crippen LogP contribution in [0, 0.1) is 0 Å². The van der Waals surface area contributed by atoms with Crippen LogP contribution in [-0.4, -0.2) is 41.8 Å². The number of hydrogen-bond acceptors (Lipinski definition) is 4. The molecule has 0 aliphatic carbocycles. The number of benzene rings is 2. The maximum atomic E-state index is 5.58. The Morgan fingerprint density at radius 2 is 2.17 bits per heavy atom. The topological polar surface area (TPSA) is 53.2 Å². The van der Waals surface area contributed by atoms with Crippen LogP contribution < -0.4 is 10.1 Å². The first-order valence-electron chi connectivity index (χ1n) is 8.35. The van der Waals surface area contributed by atoms with E-state index in [9.17, 15) is 0 Å². The van der Waals surface area contributed by atoms with Gasteiger partial charge >= 0.3 is 0 Å². The molecule has 2 aromatic carbocycles. The van der Waals surface area contributed by atoms with Gasteiger partial charge < -0.3 is 10.1 Å². The van der Waals surface area contributed by atoms with Gasteiger partial charge in [0.1, 0.15) is 5.75 Å². The van der Waals surface area contributed by atoms with Crippen LogP contribution in [0.1, 0.15) is 17.2 Å². The minimum atomic E-state index is 0.312. The fourth-order valence-electron chi connectivity index (χ4n) is 3.50. The van der Waals surface area contributed by atoms with E-state index >= 15 is 0 Å². The van der Waals surface area contributed by atoms with E-state index in [-0.39, 0.29) is 0 Å². The van der Waals surface area contributed by atoms with Crippen molar-refractivity contribution in [3.05, 3.63) is 59.8 Å². The highest BCUT2D eigenvalue weighted by molar-refractivity contribution is 5.78. The lowest BCUT2D eigenvalue weighted by Gasteiger charge is -2.37. The van der Waals surface area contributed by atoms with Crippen LogP contribution in [-0.2, 0) is 6.54 Å². The van der Waals surface area contributed by atoms with E-state index in [1.807, 2.05) is 18.3 Å². The van der Waals surface area contributed by atoms with E-state index < -0.39 is 0 Å². The van der Waals surface area contributed by atoms with Crippen molar-refractivity contribution in [2.45, 2.75) is 12.6 Å². The van der Waals surface area contributed by atoms with Crippen molar-refractivity contribution in [3.8, 4) is 5.75 Å². The third-order valence-corrected chi connectivity index (χ3v) is 4.74. The largest absolute Gasteiger partial charge is 0.496 e. The van der Waals surface area contributed by atoms with Crippen molar-refractivity contribution >= 4 is 10.9 Å². The molecule has 1 saturated heterocycles. The molecule has 1 atom stereocenters. The van der Waals surface area contributed by atoms with E-state index in [1.165, 1.54) is 11.1 Å². The van der Waals surface area contributed by atoms with Gasteiger partial charge in [-0.2, -0.15) is 5.10 Å². The van der Waals surface area contributed by atoms with Crippen LogP contribution >= 0.6 is 0 Å². The Bertz CT molecular complexity index is 829. The quantitative estimate of drug-likeness (QED) is 0.775. The van der Waals surface area contributed by atoms with Crippen LogP contribution in [0.3, 0.4) is 0 Å². The third kappa shape index (κ3) is 2.88. The zero-order chi connectivity index (χ0) is 16.4. The number of hydrogen-bond donors (Lipinski definition) is 2. The second-order valence-corrected chi connectivity index (χ2v) is 6.22. The number of fused-ring (bicyclic) bond motifs is 1. The summed E-state index contributed by atoms with van der Waals surface area (Å²) in [7, 11) is 1.74. The molecule has 1 fully saturated rings. The highest BCUT2D eigenvalue weighted by atomic mass is 16.5. The monoisotopic (exact) mass is 322 g/mol. The first-order chi connectivity index (χ1) is 11.8. The fraction of sp³-hybridized carbons (Fsp3) is 0.316. The van der Waals surface area contributed by atoms with Crippen molar-refractivity contribution in [2.24, 2.45) is 0 Å². The van der Waals surface area contributed by atoms with Crippen LogP contribution in [0.25, 0.3) is 10.9 Å². The van der Waals surface area contributed by atoms with Gasteiger partial charge in [0.15, 0.2) is 0 Å². The maximum Gasteiger partial charge on any atom is 0.123 e. The van der Waals surface area contributed by atoms with Gasteiger partial charge in [0.25, 0.3) is 0 Å². The molecule has 1 aliphatic rings. The molecular formula is C19H22N4O. The number of H-pyrrole nitrogens is 1. The summed E-state index contributed by atoms with van der Waals surface area (Å²) in [5.74, 6) is 0.959. The SMILES string of the molecule is COc1ccccc1C1CNCCN1Cc1ccc2cn[nH]c2c1. The van der Waals surface area contributed by atoms with Crippen LogP contribution in [0.2, 0.25) is 0 Å². The maximum absolute atomic E-state index is 5.58. The summed E-state index contributed by atoms with van der Waals surface area (Å²) in [6.07, 6.45) is 1.86. The molecule has 0 bridgehead atoms. The van der Waals surface area contributed by atoms with E-state index in [4.69, 9.17) is 4.74 Å². The van der Waals surface area contributed by atoms with Gasteiger partial charge in [-0.25, -0.2) is 0 Å². The molecule has 5 heteroatoms. The van der Waals surface area contributed by atoms with E-state index in [0.717, 1.165) is 42.8 Å². The zero-order valence-corrected chi connectivity index (χ0v) is 13.8. The molecule has 0 amide bonds. The van der Waals surface area contributed by atoms with E-state index in [1.54, 1.807) is 7.11 Å². The highest BCUT2D eigenvalue weighted by Crippen LogP contribution is 2.31. The van der Waals surface area contributed by atoms with Crippen molar-refractivity contribution in [2.75, 3.05) is 26.7 Å². The number of piperazine rings is 1. The van der Waals surface area contributed by atoms with Gasteiger partial charge in [0.2, 0.25) is 0 Å². The second kappa shape index (κ2) is 6.63. The lowest BCUT2D eigenvalue weighted by atomic mass is 10.0. The molecule has 124 valence electrons. The Kier molecular flexibility index (Phi) is 4.19. The van der Waals surface area contributed by atoms with Gasteiger partial charge in [0.05, 0.1) is 24.9 Å². The van der Waals surface area contributed by atoms with Crippen molar-refractivity contribution in [1.29, 1.82) is 0 Å². The molecule has 24 heavy (non-hydrogen) atoms. The van der Waals surface area contributed by atoms with Crippen molar-refractivity contribution < 1.29 is 4.74 Å². The Balaban J connectivity index is 1.61. The Labute approximate surface area is 141 Å². The van der Waals surface area contributed by atoms with Crippen LogP contribution in [0.4, 0.5) is 0 Å². The van der Waals surface area contributed by atoms with Crippen LogP contribution in [0.5, 0.6) is 5.75 Å². The lowest BCUT2D eigenvalue weighted by molar-refractivity contribution is 0.151. The summed E-state index contributed by atoms with van der Waals surface area (Å²) >= 11 is 0. The Morgan fingerprint density at radius 1 is 1.25 bits per heavy atom. The minimum Gasteiger partial charge on any atom is -0.496 e. The summed E-state index contributed by atoms with van der Waals surface area (Å²) in [4.78, 5) is 2.52. The number of nitrogens with one attached hydrogen (secondary N) is 2. The molecule has 1 aliphatic heterocycles. The predicted octanol–water partition coefficient (Wildman–Crippen LogP) is 2.72. The summed E-state index contributed by atoms with van der Waals surface area (Å²) in [6.45, 7) is 3.88. The minimum absolute atomic E-state index is 0.312. The molecule has 5 nitrogen and oxygen atoms in total. The number of ether oxygens (including phenoxy) is 1. The number of nitrogens with zero attached hydrogens (tertiary/aromatic N) is 2. The first-order valence-corrected chi connectivity index (χ1v) is 8.35. The molecule has 4 rings (SSSR count). The summed E-state index contributed by atoms with van der Waals surface area (Å²) < 4.78 is 5.58. The molecule has 1 aromatic heterocycles.